The van der Waals surface area contributed by atoms with Crippen LogP contribution in [0.4, 0.5) is 0 Å². The second-order valence-corrected chi connectivity index (χ2v) is 5.20. The monoisotopic (exact) mass is 318 g/mol. The lowest BCUT2D eigenvalue weighted by molar-refractivity contribution is -0.137. The summed E-state index contributed by atoms with van der Waals surface area (Å²) in [7, 11) is 0. The highest BCUT2D eigenvalue weighted by atomic mass is 16.4. The minimum atomic E-state index is -0.763. The van der Waals surface area contributed by atoms with Gasteiger partial charge in [0.2, 0.25) is 0 Å². The number of hydrogen-bond acceptors (Lipinski definition) is 2. The summed E-state index contributed by atoms with van der Waals surface area (Å²) in [5, 5.41) is 18.2. The zero-order valence-electron chi connectivity index (χ0n) is 14.1. The lowest BCUT2D eigenvalue weighted by atomic mass is 10.2. The fourth-order valence-corrected chi connectivity index (χ4v) is 1.77. The van der Waals surface area contributed by atoms with Crippen LogP contribution >= 0.6 is 0 Å². The van der Waals surface area contributed by atoms with Crippen LogP contribution in [0.15, 0.2) is 60.8 Å². The molecular formula is C20H30O3. The summed E-state index contributed by atoms with van der Waals surface area (Å²) < 4.78 is 0. The third kappa shape index (κ3) is 18.1. The highest BCUT2D eigenvalue weighted by Crippen LogP contribution is 2.01. The molecule has 0 aliphatic carbocycles. The minimum absolute atomic E-state index is 0.195. The molecule has 0 saturated heterocycles. The molecule has 0 bridgehead atoms. The van der Waals surface area contributed by atoms with Gasteiger partial charge in [0.15, 0.2) is 0 Å². The predicted molar refractivity (Wildman–Crippen MR) is 97.3 cm³/mol. The number of aliphatic carboxylic acids is 1. The van der Waals surface area contributed by atoms with E-state index in [2.05, 4.69) is 31.2 Å². The molecule has 0 aromatic heterocycles. The quantitative estimate of drug-likeness (QED) is 0.286. The molecule has 0 aromatic carbocycles. The second-order valence-electron chi connectivity index (χ2n) is 5.20. The molecule has 0 aliphatic heterocycles. The molecule has 0 amide bonds. The maximum atomic E-state index is 10.3. The predicted octanol–water partition coefficient (Wildman–Crippen LogP) is 4.96. The number of aliphatic hydroxyl groups is 1. The Morgan fingerprint density at radius 1 is 0.957 bits per heavy atom. The summed E-state index contributed by atoms with van der Waals surface area (Å²) in [5.74, 6) is -0.763. The van der Waals surface area contributed by atoms with Gasteiger partial charge in [0.25, 0.3) is 0 Å². The Hall–Kier alpha value is -1.87. The van der Waals surface area contributed by atoms with Crippen LogP contribution in [0.2, 0.25) is 0 Å². The number of carboxylic acids is 1. The Kier molecular flexibility index (Phi) is 15.2. The molecular weight excluding hydrogens is 288 g/mol. The fourth-order valence-electron chi connectivity index (χ4n) is 1.77. The number of allylic oxidation sites excluding steroid dienone is 8. The van der Waals surface area contributed by atoms with Crippen LogP contribution in [0.25, 0.3) is 0 Å². The van der Waals surface area contributed by atoms with E-state index in [1.54, 1.807) is 6.08 Å². The Morgan fingerprint density at radius 3 is 2.35 bits per heavy atom. The number of aliphatic hydroxyl groups excluding tert-OH is 1. The van der Waals surface area contributed by atoms with Crippen molar-refractivity contribution in [1.82, 2.24) is 0 Å². The van der Waals surface area contributed by atoms with Gasteiger partial charge in [0, 0.05) is 6.42 Å². The number of hydrogen-bond donors (Lipinski definition) is 2. The van der Waals surface area contributed by atoms with Crippen LogP contribution in [0.1, 0.15) is 51.9 Å². The van der Waals surface area contributed by atoms with E-state index in [1.165, 1.54) is 0 Å². The highest BCUT2D eigenvalue weighted by molar-refractivity contribution is 5.66. The molecule has 2 N–H and O–H groups in total. The van der Waals surface area contributed by atoms with Crippen molar-refractivity contribution in [3.8, 4) is 0 Å². The maximum absolute atomic E-state index is 10.3. The van der Waals surface area contributed by atoms with E-state index in [1.807, 2.05) is 30.4 Å². The first-order chi connectivity index (χ1) is 11.2. The standard InChI is InChI=1S/C20H30O3/c1-2-3-4-5-6-7-8-9-10-13-16-19(21)17-14-11-12-15-18-20(22)23/h3-4,6-7,9-11,13-14,16,19,21H,2,5,8,12,15,17-18H2,1H3,(H,22,23)/b4-3-,7-6-,10-9-,14-11-,16-13+/t19-/m1/s1. The Bertz CT molecular complexity index is 428. The average molecular weight is 318 g/mol. The van der Waals surface area contributed by atoms with Gasteiger partial charge in [0.1, 0.15) is 0 Å². The average Bonchev–Trinajstić information content (AvgIpc) is 2.52. The summed E-state index contributed by atoms with van der Waals surface area (Å²) in [4.78, 5) is 10.3. The molecule has 23 heavy (non-hydrogen) atoms. The summed E-state index contributed by atoms with van der Waals surface area (Å²) in [6.45, 7) is 2.12. The zero-order valence-corrected chi connectivity index (χ0v) is 14.1. The third-order valence-electron chi connectivity index (χ3n) is 3.00. The van der Waals surface area contributed by atoms with E-state index < -0.39 is 12.1 Å². The summed E-state index contributed by atoms with van der Waals surface area (Å²) in [6, 6.07) is 0. The summed E-state index contributed by atoms with van der Waals surface area (Å²) in [6.07, 6.45) is 24.6. The first kappa shape index (κ1) is 21.1. The van der Waals surface area contributed by atoms with Crippen LogP contribution < -0.4 is 0 Å². The number of carboxylic acid groups (broad SMARTS) is 1. The molecule has 1 atom stereocenters. The van der Waals surface area contributed by atoms with E-state index in [0.717, 1.165) is 25.7 Å². The van der Waals surface area contributed by atoms with Gasteiger partial charge >= 0.3 is 5.97 Å². The van der Waals surface area contributed by atoms with Crippen molar-refractivity contribution in [3.05, 3.63) is 60.8 Å². The Morgan fingerprint density at radius 2 is 1.65 bits per heavy atom. The number of unbranched alkanes of at least 4 members (excludes halogenated alkanes) is 1. The molecule has 0 aromatic rings. The third-order valence-corrected chi connectivity index (χ3v) is 3.00. The van der Waals surface area contributed by atoms with Crippen LogP contribution in [0.5, 0.6) is 0 Å². The van der Waals surface area contributed by atoms with Crippen LogP contribution in [0.3, 0.4) is 0 Å². The smallest absolute Gasteiger partial charge is 0.303 e. The van der Waals surface area contributed by atoms with Crippen molar-refractivity contribution in [2.45, 2.75) is 58.0 Å². The Balaban J connectivity index is 3.68. The van der Waals surface area contributed by atoms with E-state index in [-0.39, 0.29) is 6.42 Å². The van der Waals surface area contributed by atoms with E-state index in [9.17, 15) is 9.90 Å². The Labute approximate surface area is 140 Å². The number of carbonyl (C=O) groups is 1. The van der Waals surface area contributed by atoms with Crippen molar-refractivity contribution in [2.75, 3.05) is 0 Å². The first-order valence-corrected chi connectivity index (χ1v) is 8.35. The zero-order chi connectivity index (χ0) is 17.2. The van der Waals surface area contributed by atoms with Gasteiger partial charge in [0.05, 0.1) is 6.10 Å². The molecule has 0 radical (unpaired) electrons. The topological polar surface area (TPSA) is 57.5 Å². The number of rotatable bonds is 13. The highest BCUT2D eigenvalue weighted by Gasteiger charge is 1.95. The SMILES string of the molecule is CC/C=C\C/C=C\C/C=C\C=C\[C@@H](O)C/C=C\CCCC(=O)O. The molecule has 0 heterocycles. The van der Waals surface area contributed by atoms with Gasteiger partial charge in [-0.2, -0.15) is 0 Å². The molecule has 3 heteroatoms. The van der Waals surface area contributed by atoms with E-state index in [0.29, 0.717) is 12.8 Å². The maximum Gasteiger partial charge on any atom is 0.303 e. The van der Waals surface area contributed by atoms with Gasteiger partial charge in [-0.25, -0.2) is 0 Å². The van der Waals surface area contributed by atoms with Crippen LogP contribution in [0, 0.1) is 0 Å². The second kappa shape index (κ2) is 16.5. The van der Waals surface area contributed by atoms with Crippen molar-refractivity contribution in [2.24, 2.45) is 0 Å². The van der Waals surface area contributed by atoms with Crippen LogP contribution in [-0.2, 0) is 4.79 Å². The lowest BCUT2D eigenvalue weighted by Gasteiger charge is -1.99. The normalized spacial score (nSPS) is 14.2. The largest absolute Gasteiger partial charge is 0.481 e. The minimum Gasteiger partial charge on any atom is -0.481 e. The molecule has 3 nitrogen and oxygen atoms in total. The van der Waals surface area contributed by atoms with Gasteiger partial charge < -0.3 is 10.2 Å². The fraction of sp³-hybridized carbons (Fsp3) is 0.450. The molecule has 0 spiro atoms. The van der Waals surface area contributed by atoms with Gasteiger partial charge in [-0.05, 0) is 38.5 Å². The van der Waals surface area contributed by atoms with Crippen molar-refractivity contribution in [1.29, 1.82) is 0 Å². The van der Waals surface area contributed by atoms with Gasteiger partial charge in [-0.15, -0.1) is 0 Å². The van der Waals surface area contributed by atoms with E-state index in [4.69, 9.17) is 5.11 Å². The molecule has 128 valence electrons. The van der Waals surface area contributed by atoms with Gasteiger partial charge in [-0.3, -0.25) is 4.79 Å². The first-order valence-electron chi connectivity index (χ1n) is 8.35. The van der Waals surface area contributed by atoms with Crippen molar-refractivity contribution in [3.63, 3.8) is 0 Å². The summed E-state index contributed by atoms with van der Waals surface area (Å²) in [5.41, 5.74) is 0. The lowest BCUT2D eigenvalue weighted by Crippen LogP contribution is -1.98. The van der Waals surface area contributed by atoms with Gasteiger partial charge in [-0.1, -0.05) is 67.7 Å². The molecule has 0 unspecified atom stereocenters. The van der Waals surface area contributed by atoms with Crippen molar-refractivity contribution >= 4 is 5.97 Å². The molecule has 0 rings (SSSR count). The molecule has 0 saturated carbocycles. The van der Waals surface area contributed by atoms with Crippen molar-refractivity contribution < 1.29 is 15.0 Å². The molecule has 0 aliphatic rings. The summed E-state index contributed by atoms with van der Waals surface area (Å²) >= 11 is 0. The molecule has 0 fully saturated rings. The van der Waals surface area contributed by atoms with E-state index >= 15 is 0 Å². The van der Waals surface area contributed by atoms with Crippen LogP contribution in [-0.4, -0.2) is 22.3 Å².